The second kappa shape index (κ2) is 6.00. The summed E-state index contributed by atoms with van der Waals surface area (Å²) in [6.45, 7) is 4.33. The standard InChI is InChI=1S/C15H18BrNS/c1-10-4-5-11(2)13(8-10)14(17-3)9-12-6-7-15(16)18-12/h4-8,14,17H,9H2,1-3H3. The molecular weight excluding hydrogens is 306 g/mol. The number of nitrogens with one attached hydrogen (secondary N) is 1. The van der Waals surface area contributed by atoms with E-state index in [1.807, 2.05) is 18.4 Å². The van der Waals surface area contributed by atoms with E-state index < -0.39 is 0 Å². The van der Waals surface area contributed by atoms with E-state index >= 15 is 0 Å². The molecule has 96 valence electrons. The molecule has 3 heteroatoms. The van der Waals surface area contributed by atoms with Crippen molar-refractivity contribution in [3.63, 3.8) is 0 Å². The van der Waals surface area contributed by atoms with E-state index in [1.54, 1.807) is 0 Å². The fraction of sp³-hybridized carbons (Fsp3) is 0.333. The number of aryl methyl sites for hydroxylation is 2. The van der Waals surface area contributed by atoms with Gasteiger partial charge in [0.25, 0.3) is 0 Å². The van der Waals surface area contributed by atoms with Crippen LogP contribution in [-0.2, 0) is 6.42 Å². The van der Waals surface area contributed by atoms with Gasteiger partial charge in [-0.1, -0.05) is 23.8 Å². The molecule has 0 aliphatic rings. The van der Waals surface area contributed by atoms with Crippen molar-refractivity contribution in [2.45, 2.75) is 26.3 Å². The number of hydrogen-bond acceptors (Lipinski definition) is 2. The molecule has 2 aromatic rings. The second-order valence-corrected chi connectivity index (χ2v) is 7.16. The highest BCUT2D eigenvalue weighted by Gasteiger charge is 2.13. The predicted molar refractivity (Wildman–Crippen MR) is 83.4 cm³/mol. The van der Waals surface area contributed by atoms with E-state index in [-0.39, 0.29) is 0 Å². The smallest absolute Gasteiger partial charge is 0.0701 e. The van der Waals surface area contributed by atoms with Crippen LogP contribution in [0, 0.1) is 13.8 Å². The van der Waals surface area contributed by atoms with Gasteiger partial charge in [-0.2, -0.15) is 0 Å². The van der Waals surface area contributed by atoms with E-state index in [0.29, 0.717) is 6.04 Å². The van der Waals surface area contributed by atoms with Crippen molar-refractivity contribution in [2.75, 3.05) is 7.05 Å². The number of likely N-dealkylation sites (N-methyl/N-ethyl adjacent to an activating group) is 1. The molecule has 1 atom stereocenters. The molecule has 1 N–H and O–H groups in total. The van der Waals surface area contributed by atoms with Crippen LogP contribution in [0.3, 0.4) is 0 Å². The first-order chi connectivity index (χ1) is 8.60. The Morgan fingerprint density at radius 3 is 2.61 bits per heavy atom. The van der Waals surface area contributed by atoms with Gasteiger partial charge in [-0.15, -0.1) is 11.3 Å². The van der Waals surface area contributed by atoms with Crippen molar-refractivity contribution in [1.82, 2.24) is 5.32 Å². The van der Waals surface area contributed by atoms with Crippen LogP contribution in [0.15, 0.2) is 34.1 Å². The molecule has 0 amide bonds. The molecule has 0 bridgehead atoms. The van der Waals surface area contributed by atoms with Crippen LogP contribution < -0.4 is 5.32 Å². The van der Waals surface area contributed by atoms with Gasteiger partial charge in [0.1, 0.15) is 0 Å². The van der Waals surface area contributed by atoms with E-state index in [1.165, 1.54) is 25.4 Å². The quantitative estimate of drug-likeness (QED) is 0.864. The Morgan fingerprint density at radius 2 is 2.00 bits per heavy atom. The van der Waals surface area contributed by atoms with Gasteiger partial charge >= 0.3 is 0 Å². The van der Waals surface area contributed by atoms with Crippen molar-refractivity contribution in [1.29, 1.82) is 0 Å². The van der Waals surface area contributed by atoms with Gasteiger partial charge in [0.2, 0.25) is 0 Å². The van der Waals surface area contributed by atoms with Crippen LogP contribution in [0.25, 0.3) is 0 Å². The maximum absolute atomic E-state index is 3.52. The third-order valence-corrected chi connectivity index (χ3v) is 4.84. The van der Waals surface area contributed by atoms with Crippen LogP contribution in [0.2, 0.25) is 0 Å². The van der Waals surface area contributed by atoms with Gasteiger partial charge in [0, 0.05) is 17.3 Å². The highest BCUT2D eigenvalue weighted by Crippen LogP contribution is 2.28. The summed E-state index contributed by atoms with van der Waals surface area (Å²) in [6.07, 6.45) is 1.04. The fourth-order valence-electron chi connectivity index (χ4n) is 2.17. The average molecular weight is 324 g/mol. The number of thiophene rings is 1. The molecule has 1 nitrogen and oxygen atoms in total. The average Bonchev–Trinajstić information content (AvgIpc) is 2.75. The summed E-state index contributed by atoms with van der Waals surface area (Å²) in [5.41, 5.74) is 4.08. The molecule has 0 saturated carbocycles. The van der Waals surface area contributed by atoms with Gasteiger partial charge in [-0.05, 0) is 60.1 Å². The molecule has 0 fully saturated rings. The van der Waals surface area contributed by atoms with Crippen LogP contribution in [0.5, 0.6) is 0 Å². The Kier molecular flexibility index (Phi) is 4.60. The van der Waals surface area contributed by atoms with Crippen LogP contribution in [0.1, 0.15) is 27.6 Å². The maximum Gasteiger partial charge on any atom is 0.0701 e. The Bertz CT molecular complexity index is 533. The monoisotopic (exact) mass is 323 g/mol. The minimum atomic E-state index is 0.385. The van der Waals surface area contributed by atoms with E-state index in [0.717, 1.165) is 6.42 Å². The second-order valence-electron chi connectivity index (χ2n) is 4.61. The first-order valence-electron chi connectivity index (χ1n) is 6.09. The van der Waals surface area contributed by atoms with Crippen molar-refractivity contribution in [3.05, 3.63) is 55.7 Å². The molecule has 0 saturated heterocycles. The Hall–Kier alpha value is -0.640. The molecule has 0 aliphatic carbocycles. The molecule has 1 aromatic carbocycles. The fourth-order valence-corrected chi connectivity index (χ4v) is 3.69. The van der Waals surface area contributed by atoms with Crippen molar-refractivity contribution < 1.29 is 0 Å². The Balaban J connectivity index is 2.25. The number of rotatable bonds is 4. The summed E-state index contributed by atoms with van der Waals surface area (Å²) in [5, 5.41) is 3.44. The highest BCUT2D eigenvalue weighted by molar-refractivity contribution is 9.11. The molecule has 1 heterocycles. The zero-order valence-corrected chi connectivity index (χ0v) is 13.4. The summed E-state index contributed by atoms with van der Waals surface area (Å²) in [7, 11) is 2.04. The van der Waals surface area contributed by atoms with Crippen molar-refractivity contribution in [3.8, 4) is 0 Å². The molecule has 0 radical (unpaired) electrons. The lowest BCUT2D eigenvalue weighted by atomic mass is 9.96. The van der Waals surface area contributed by atoms with Crippen molar-refractivity contribution in [2.24, 2.45) is 0 Å². The largest absolute Gasteiger partial charge is 0.313 e. The predicted octanol–water partition coefficient (Wildman–Crippen LogP) is 4.63. The summed E-state index contributed by atoms with van der Waals surface area (Å²) < 4.78 is 1.20. The van der Waals surface area contributed by atoms with Gasteiger partial charge in [0.15, 0.2) is 0 Å². The topological polar surface area (TPSA) is 12.0 Å². The molecule has 2 rings (SSSR count). The first-order valence-corrected chi connectivity index (χ1v) is 7.69. The SMILES string of the molecule is CNC(Cc1ccc(Br)s1)c1cc(C)ccc1C. The summed E-state index contributed by atoms with van der Waals surface area (Å²) in [5.74, 6) is 0. The van der Waals surface area contributed by atoms with E-state index in [2.05, 4.69) is 65.4 Å². The van der Waals surface area contributed by atoms with Gasteiger partial charge in [-0.3, -0.25) is 0 Å². The number of halogens is 1. The molecule has 0 aliphatic heterocycles. The van der Waals surface area contributed by atoms with Gasteiger partial charge in [0.05, 0.1) is 3.79 Å². The lowest BCUT2D eigenvalue weighted by Gasteiger charge is -2.19. The molecule has 0 spiro atoms. The molecular formula is C15H18BrNS. The van der Waals surface area contributed by atoms with Gasteiger partial charge < -0.3 is 5.32 Å². The zero-order valence-electron chi connectivity index (χ0n) is 11.0. The third kappa shape index (κ3) is 3.22. The summed E-state index contributed by atoms with van der Waals surface area (Å²) >= 11 is 5.34. The van der Waals surface area contributed by atoms with Crippen LogP contribution in [-0.4, -0.2) is 7.05 Å². The lowest BCUT2D eigenvalue weighted by molar-refractivity contribution is 0.593. The highest BCUT2D eigenvalue weighted by atomic mass is 79.9. The van der Waals surface area contributed by atoms with E-state index in [9.17, 15) is 0 Å². The van der Waals surface area contributed by atoms with E-state index in [4.69, 9.17) is 0 Å². The third-order valence-electron chi connectivity index (χ3n) is 3.19. The number of benzene rings is 1. The van der Waals surface area contributed by atoms with Gasteiger partial charge in [-0.25, -0.2) is 0 Å². The number of hydrogen-bond donors (Lipinski definition) is 1. The molecule has 1 aromatic heterocycles. The van der Waals surface area contributed by atoms with Crippen LogP contribution in [0.4, 0.5) is 0 Å². The molecule has 1 unspecified atom stereocenters. The summed E-state index contributed by atoms with van der Waals surface area (Å²) in [6, 6.07) is 11.4. The summed E-state index contributed by atoms with van der Waals surface area (Å²) in [4.78, 5) is 1.40. The zero-order chi connectivity index (χ0) is 13.1. The lowest BCUT2D eigenvalue weighted by Crippen LogP contribution is -2.19. The Labute approximate surface area is 121 Å². The normalized spacial score (nSPS) is 12.7. The Morgan fingerprint density at radius 1 is 1.22 bits per heavy atom. The first kappa shape index (κ1) is 13.8. The van der Waals surface area contributed by atoms with Crippen molar-refractivity contribution >= 4 is 27.3 Å². The minimum absolute atomic E-state index is 0.385. The molecule has 18 heavy (non-hydrogen) atoms. The van der Waals surface area contributed by atoms with Crippen LogP contribution >= 0.6 is 27.3 Å². The minimum Gasteiger partial charge on any atom is -0.313 e. The maximum atomic E-state index is 3.52.